The highest BCUT2D eigenvalue weighted by atomic mass is 31.2. The monoisotopic (exact) mass is 513 g/mol. The first-order chi connectivity index (χ1) is 17.0. The molecule has 5 rings (SSSR count). The van der Waals surface area contributed by atoms with Crippen LogP contribution in [0.5, 0.6) is 0 Å². The molecule has 8 heteroatoms. The number of rotatable bonds is 2. The van der Waals surface area contributed by atoms with Crippen molar-refractivity contribution in [3.63, 3.8) is 0 Å². The van der Waals surface area contributed by atoms with E-state index in [1.165, 1.54) is 0 Å². The third kappa shape index (κ3) is 3.33. The Hall–Kier alpha value is -3.44. The molecule has 1 atom stereocenters. The van der Waals surface area contributed by atoms with E-state index in [4.69, 9.17) is 0 Å². The van der Waals surface area contributed by atoms with Crippen LogP contribution >= 0.6 is 7.29 Å². The van der Waals surface area contributed by atoms with Gasteiger partial charge < -0.3 is 0 Å². The summed E-state index contributed by atoms with van der Waals surface area (Å²) in [6, 6.07) is 15.3. The molecule has 0 saturated carbocycles. The summed E-state index contributed by atoms with van der Waals surface area (Å²) in [6.07, 6.45) is 0. The number of hydrogen-bond acceptors (Lipinski definition) is 1. The van der Waals surface area contributed by atoms with Crippen molar-refractivity contribution in [2.45, 2.75) is 27.7 Å². The second kappa shape index (κ2) is 8.31. The maximum absolute atomic E-state index is 15.4. The standard InChI is InChI=1S/C28H21F5NOP/c1-14-6-5-7-18(11-14)36(35)21-13-15(2)8-9-19(21)20-12-16(3)10-17(4)27(20)34(36)28-25(32)23(30)22(29)24(31)26(28)33/h5-13H,1-4H3. The van der Waals surface area contributed by atoms with Gasteiger partial charge in [-0.25, -0.2) is 22.0 Å². The minimum atomic E-state index is -4.23. The zero-order valence-electron chi connectivity index (χ0n) is 19.9. The molecule has 2 nitrogen and oxygen atoms in total. The smallest absolute Gasteiger partial charge is 0.234 e. The lowest BCUT2D eigenvalue weighted by Crippen LogP contribution is -2.36. The number of nitrogens with zero attached hydrogens (tertiary/aromatic N) is 1. The topological polar surface area (TPSA) is 20.3 Å². The van der Waals surface area contributed by atoms with E-state index in [2.05, 4.69) is 0 Å². The predicted octanol–water partition coefficient (Wildman–Crippen LogP) is 7.66. The molecule has 1 aliphatic rings. The summed E-state index contributed by atoms with van der Waals surface area (Å²) in [4.78, 5) is 0. The van der Waals surface area contributed by atoms with Gasteiger partial charge in [0.1, 0.15) is 5.69 Å². The SMILES string of the molecule is Cc1cccc(P2(=O)c3cc(C)ccc3-c3cc(C)cc(C)c3N2c2c(F)c(F)c(F)c(F)c2F)c1. The Kier molecular flexibility index (Phi) is 5.60. The Morgan fingerprint density at radius 3 is 1.86 bits per heavy atom. The van der Waals surface area contributed by atoms with Gasteiger partial charge in [-0.2, -0.15) is 0 Å². The predicted molar refractivity (Wildman–Crippen MR) is 133 cm³/mol. The molecule has 4 aromatic rings. The summed E-state index contributed by atoms with van der Waals surface area (Å²) in [7, 11) is -4.23. The van der Waals surface area contributed by atoms with E-state index in [0.717, 1.165) is 21.4 Å². The number of benzene rings is 4. The molecule has 0 amide bonds. The fourth-order valence-electron chi connectivity index (χ4n) is 4.92. The van der Waals surface area contributed by atoms with Gasteiger partial charge in [-0.3, -0.25) is 9.24 Å². The molecule has 36 heavy (non-hydrogen) atoms. The first kappa shape index (κ1) is 24.3. The first-order valence-corrected chi connectivity index (χ1v) is 12.8. The molecule has 0 radical (unpaired) electrons. The van der Waals surface area contributed by atoms with Gasteiger partial charge in [0.2, 0.25) is 13.1 Å². The van der Waals surface area contributed by atoms with Crippen molar-refractivity contribution in [3.05, 3.63) is 106 Å². The zero-order chi connectivity index (χ0) is 26.1. The van der Waals surface area contributed by atoms with Gasteiger partial charge in [-0.05, 0) is 63.1 Å². The lowest BCUT2D eigenvalue weighted by Gasteiger charge is -2.41. The molecule has 0 N–H and O–H groups in total. The average molecular weight is 513 g/mol. The van der Waals surface area contributed by atoms with Crippen LogP contribution in [-0.2, 0) is 4.57 Å². The second-order valence-corrected chi connectivity index (χ2v) is 11.7. The Labute approximate surface area is 205 Å². The number of anilines is 2. The van der Waals surface area contributed by atoms with E-state index in [-0.39, 0.29) is 16.3 Å². The molecule has 0 bridgehead atoms. The third-order valence-electron chi connectivity index (χ3n) is 6.46. The third-order valence-corrected chi connectivity index (χ3v) is 9.42. The molecule has 0 aliphatic carbocycles. The molecule has 0 saturated heterocycles. The van der Waals surface area contributed by atoms with E-state index in [1.54, 1.807) is 69.3 Å². The quantitative estimate of drug-likeness (QED) is 0.119. The molecule has 0 spiro atoms. The van der Waals surface area contributed by atoms with Crippen LogP contribution in [0.4, 0.5) is 33.3 Å². The molecule has 1 unspecified atom stereocenters. The molecule has 1 aliphatic heterocycles. The van der Waals surface area contributed by atoms with Gasteiger partial charge >= 0.3 is 0 Å². The van der Waals surface area contributed by atoms with Crippen LogP contribution in [0.3, 0.4) is 0 Å². The highest BCUT2D eigenvalue weighted by Crippen LogP contribution is 2.63. The number of hydrogen-bond donors (Lipinski definition) is 0. The van der Waals surface area contributed by atoms with Crippen molar-refractivity contribution in [1.29, 1.82) is 0 Å². The van der Waals surface area contributed by atoms with Crippen molar-refractivity contribution in [2.75, 3.05) is 4.67 Å². The molecule has 1 heterocycles. The van der Waals surface area contributed by atoms with Gasteiger partial charge in [0.25, 0.3) is 0 Å². The fraction of sp³-hybridized carbons (Fsp3) is 0.143. The van der Waals surface area contributed by atoms with E-state index in [0.29, 0.717) is 16.7 Å². The largest absolute Gasteiger partial charge is 0.289 e. The van der Waals surface area contributed by atoms with Crippen LogP contribution in [-0.4, -0.2) is 0 Å². The van der Waals surface area contributed by atoms with Gasteiger partial charge in [0, 0.05) is 16.2 Å². The van der Waals surface area contributed by atoms with Crippen molar-refractivity contribution in [2.24, 2.45) is 0 Å². The summed E-state index contributed by atoms with van der Waals surface area (Å²) in [5.74, 6) is -10.5. The summed E-state index contributed by atoms with van der Waals surface area (Å²) < 4.78 is 90.1. The fourth-order valence-corrected chi connectivity index (χ4v) is 8.21. The maximum atomic E-state index is 15.4. The summed E-state index contributed by atoms with van der Waals surface area (Å²) >= 11 is 0. The Morgan fingerprint density at radius 1 is 0.611 bits per heavy atom. The molecular weight excluding hydrogens is 492 g/mol. The van der Waals surface area contributed by atoms with Crippen molar-refractivity contribution < 1.29 is 26.5 Å². The number of fused-ring (bicyclic) bond motifs is 3. The molecular formula is C28H21F5NOP. The lowest BCUT2D eigenvalue weighted by molar-refractivity contribution is 0.381. The Morgan fingerprint density at radius 2 is 1.22 bits per heavy atom. The van der Waals surface area contributed by atoms with E-state index in [9.17, 15) is 13.2 Å². The Bertz CT molecular complexity index is 1600. The van der Waals surface area contributed by atoms with Crippen LogP contribution in [0.15, 0.2) is 54.6 Å². The van der Waals surface area contributed by atoms with E-state index >= 15 is 13.3 Å². The minimum absolute atomic E-state index is 0.130. The second-order valence-electron chi connectivity index (χ2n) is 9.14. The van der Waals surface area contributed by atoms with Crippen LogP contribution in [0, 0.1) is 56.8 Å². The highest BCUT2D eigenvalue weighted by Gasteiger charge is 2.47. The summed E-state index contributed by atoms with van der Waals surface area (Å²) in [5.41, 5.74) is 2.71. The van der Waals surface area contributed by atoms with Crippen LogP contribution < -0.4 is 15.3 Å². The summed E-state index contributed by atoms with van der Waals surface area (Å²) in [5, 5.41) is 0.471. The first-order valence-electron chi connectivity index (χ1n) is 11.2. The van der Waals surface area contributed by atoms with Crippen LogP contribution in [0.1, 0.15) is 22.3 Å². The highest BCUT2D eigenvalue weighted by molar-refractivity contribution is 7.80. The summed E-state index contributed by atoms with van der Waals surface area (Å²) in [6.45, 7) is 7.03. The van der Waals surface area contributed by atoms with Crippen molar-refractivity contribution >= 4 is 29.3 Å². The van der Waals surface area contributed by atoms with E-state index < -0.39 is 42.1 Å². The maximum Gasteiger partial charge on any atom is 0.234 e. The molecule has 184 valence electrons. The lowest BCUT2D eigenvalue weighted by atomic mass is 9.96. The van der Waals surface area contributed by atoms with Crippen molar-refractivity contribution in [3.8, 4) is 11.1 Å². The van der Waals surface area contributed by atoms with Gasteiger partial charge in [0.15, 0.2) is 23.3 Å². The van der Waals surface area contributed by atoms with Crippen molar-refractivity contribution in [1.82, 2.24) is 0 Å². The Balaban J connectivity index is 2.04. The van der Waals surface area contributed by atoms with Crippen LogP contribution in [0.25, 0.3) is 11.1 Å². The number of aryl methyl sites for hydroxylation is 4. The average Bonchev–Trinajstić information content (AvgIpc) is 2.83. The molecule has 0 fully saturated rings. The van der Waals surface area contributed by atoms with E-state index in [1.807, 2.05) is 13.0 Å². The normalized spacial score (nSPS) is 16.6. The molecule has 4 aromatic carbocycles. The number of halogens is 5. The van der Waals surface area contributed by atoms with Gasteiger partial charge in [0.05, 0.1) is 5.69 Å². The van der Waals surface area contributed by atoms with Crippen LogP contribution in [0.2, 0.25) is 0 Å². The zero-order valence-corrected chi connectivity index (χ0v) is 20.8. The minimum Gasteiger partial charge on any atom is -0.289 e. The van der Waals surface area contributed by atoms with Gasteiger partial charge in [-0.15, -0.1) is 0 Å². The molecule has 0 aromatic heterocycles. The van der Waals surface area contributed by atoms with Gasteiger partial charge in [-0.1, -0.05) is 47.0 Å².